The standard InChI is InChI=1S/C18H31N5O/c1-22(14-10-6-4-7-11-14)16-19-17(21-18(20-16)24-3)23(2)15-12-8-5-9-13-15/h14-15H,4-13H2,1-3H3. The molecule has 0 radical (unpaired) electrons. The lowest BCUT2D eigenvalue weighted by Gasteiger charge is -2.33. The zero-order valence-corrected chi connectivity index (χ0v) is 15.4. The third-order valence-electron chi connectivity index (χ3n) is 5.65. The Morgan fingerprint density at radius 1 is 0.708 bits per heavy atom. The Kier molecular flexibility index (Phi) is 5.74. The monoisotopic (exact) mass is 333 g/mol. The van der Waals surface area contributed by atoms with Crippen molar-refractivity contribution in [1.29, 1.82) is 0 Å². The maximum atomic E-state index is 5.35. The van der Waals surface area contributed by atoms with Crippen molar-refractivity contribution >= 4 is 11.9 Å². The van der Waals surface area contributed by atoms with Crippen molar-refractivity contribution in [1.82, 2.24) is 15.0 Å². The quantitative estimate of drug-likeness (QED) is 0.823. The van der Waals surface area contributed by atoms with Gasteiger partial charge in [0.2, 0.25) is 11.9 Å². The molecule has 6 heteroatoms. The Bertz CT molecular complexity index is 484. The summed E-state index contributed by atoms with van der Waals surface area (Å²) in [6.07, 6.45) is 12.8. The molecule has 0 amide bonds. The molecule has 3 rings (SSSR count). The van der Waals surface area contributed by atoms with Gasteiger partial charge in [0.15, 0.2) is 0 Å². The normalized spacial score (nSPS) is 20.0. The summed E-state index contributed by atoms with van der Waals surface area (Å²) in [6.45, 7) is 0. The molecule has 0 aromatic carbocycles. The third kappa shape index (κ3) is 3.90. The largest absolute Gasteiger partial charge is 0.467 e. The van der Waals surface area contributed by atoms with E-state index < -0.39 is 0 Å². The Morgan fingerprint density at radius 3 is 1.50 bits per heavy atom. The van der Waals surface area contributed by atoms with Gasteiger partial charge in [-0.25, -0.2) is 0 Å². The van der Waals surface area contributed by atoms with Crippen LogP contribution in [0.25, 0.3) is 0 Å². The number of methoxy groups -OCH3 is 1. The van der Waals surface area contributed by atoms with Crippen LogP contribution >= 0.6 is 0 Å². The second-order valence-corrected chi connectivity index (χ2v) is 7.23. The highest BCUT2D eigenvalue weighted by Crippen LogP contribution is 2.28. The SMILES string of the molecule is COc1nc(N(C)C2CCCCC2)nc(N(C)C2CCCCC2)n1. The summed E-state index contributed by atoms with van der Waals surface area (Å²) in [5.74, 6) is 1.48. The molecule has 0 atom stereocenters. The molecule has 6 nitrogen and oxygen atoms in total. The lowest BCUT2D eigenvalue weighted by Crippen LogP contribution is -2.37. The summed E-state index contributed by atoms with van der Waals surface area (Å²) < 4.78 is 5.35. The highest BCUT2D eigenvalue weighted by Gasteiger charge is 2.25. The Labute approximate surface area is 145 Å². The molecule has 0 bridgehead atoms. The smallest absolute Gasteiger partial charge is 0.322 e. The Hall–Kier alpha value is -1.59. The van der Waals surface area contributed by atoms with Gasteiger partial charge >= 0.3 is 6.01 Å². The lowest BCUT2D eigenvalue weighted by atomic mass is 9.94. The van der Waals surface area contributed by atoms with Crippen LogP contribution in [0.1, 0.15) is 64.2 Å². The maximum Gasteiger partial charge on any atom is 0.322 e. The highest BCUT2D eigenvalue weighted by atomic mass is 16.5. The molecule has 1 aromatic rings. The highest BCUT2D eigenvalue weighted by molar-refractivity contribution is 5.41. The van der Waals surface area contributed by atoms with Crippen LogP contribution in [0.3, 0.4) is 0 Å². The maximum absolute atomic E-state index is 5.35. The number of anilines is 2. The van der Waals surface area contributed by atoms with Crippen molar-refractivity contribution in [2.75, 3.05) is 31.0 Å². The number of hydrogen-bond acceptors (Lipinski definition) is 6. The van der Waals surface area contributed by atoms with Crippen LogP contribution in [-0.4, -0.2) is 48.2 Å². The fraction of sp³-hybridized carbons (Fsp3) is 0.833. The topological polar surface area (TPSA) is 54.4 Å². The number of ether oxygens (including phenoxy) is 1. The molecule has 0 unspecified atom stereocenters. The molecule has 0 aliphatic heterocycles. The molecule has 2 saturated carbocycles. The van der Waals surface area contributed by atoms with Gasteiger partial charge in [0.05, 0.1) is 7.11 Å². The molecule has 0 saturated heterocycles. The molecule has 2 fully saturated rings. The zero-order valence-electron chi connectivity index (χ0n) is 15.4. The van der Waals surface area contributed by atoms with E-state index in [2.05, 4.69) is 33.9 Å². The summed E-state index contributed by atoms with van der Waals surface area (Å²) in [4.78, 5) is 18.2. The summed E-state index contributed by atoms with van der Waals surface area (Å²) in [6, 6.07) is 1.47. The number of hydrogen-bond donors (Lipinski definition) is 0. The van der Waals surface area contributed by atoms with Crippen LogP contribution < -0.4 is 14.5 Å². The van der Waals surface area contributed by atoms with E-state index in [0.717, 1.165) is 11.9 Å². The average Bonchev–Trinajstić information content (AvgIpc) is 2.67. The lowest BCUT2D eigenvalue weighted by molar-refractivity contribution is 0.372. The minimum Gasteiger partial charge on any atom is -0.467 e. The predicted octanol–water partition coefficient (Wildman–Crippen LogP) is 3.42. The molecule has 134 valence electrons. The summed E-state index contributed by atoms with van der Waals surface area (Å²) in [5, 5.41) is 0. The van der Waals surface area contributed by atoms with E-state index in [-0.39, 0.29) is 0 Å². The molecular formula is C18H31N5O. The van der Waals surface area contributed by atoms with E-state index in [1.165, 1.54) is 64.2 Å². The van der Waals surface area contributed by atoms with Gasteiger partial charge in [-0.05, 0) is 25.7 Å². The molecule has 24 heavy (non-hydrogen) atoms. The van der Waals surface area contributed by atoms with Gasteiger partial charge in [0.1, 0.15) is 0 Å². The van der Waals surface area contributed by atoms with Crippen molar-refractivity contribution in [2.24, 2.45) is 0 Å². The molecule has 0 N–H and O–H groups in total. The number of rotatable bonds is 5. The van der Waals surface area contributed by atoms with E-state index >= 15 is 0 Å². The van der Waals surface area contributed by atoms with Gasteiger partial charge in [0, 0.05) is 26.2 Å². The third-order valence-corrected chi connectivity index (χ3v) is 5.65. The van der Waals surface area contributed by atoms with Crippen LogP contribution in [0.15, 0.2) is 0 Å². The first-order valence-electron chi connectivity index (χ1n) is 9.45. The van der Waals surface area contributed by atoms with Crippen LogP contribution in [0.2, 0.25) is 0 Å². The van der Waals surface area contributed by atoms with Crippen molar-refractivity contribution in [3.05, 3.63) is 0 Å². The van der Waals surface area contributed by atoms with E-state index in [1.807, 2.05) is 0 Å². The minimum absolute atomic E-state index is 0.417. The first-order chi connectivity index (χ1) is 11.7. The van der Waals surface area contributed by atoms with Crippen LogP contribution in [0.5, 0.6) is 6.01 Å². The molecule has 1 aromatic heterocycles. The van der Waals surface area contributed by atoms with Crippen molar-refractivity contribution in [2.45, 2.75) is 76.3 Å². The summed E-state index contributed by atoms with van der Waals surface area (Å²) >= 11 is 0. The summed E-state index contributed by atoms with van der Waals surface area (Å²) in [5.41, 5.74) is 0. The molecule has 0 spiro atoms. The van der Waals surface area contributed by atoms with Gasteiger partial charge in [-0.2, -0.15) is 15.0 Å². The van der Waals surface area contributed by atoms with Crippen molar-refractivity contribution in [3.8, 4) is 6.01 Å². The van der Waals surface area contributed by atoms with Gasteiger partial charge in [-0.1, -0.05) is 38.5 Å². The van der Waals surface area contributed by atoms with Gasteiger partial charge in [0.25, 0.3) is 0 Å². The van der Waals surface area contributed by atoms with E-state index in [0.29, 0.717) is 18.1 Å². The first-order valence-corrected chi connectivity index (χ1v) is 9.45. The second kappa shape index (κ2) is 7.99. The average molecular weight is 333 g/mol. The van der Waals surface area contributed by atoms with Gasteiger partial charge in [-0.15, -0.1) is 0 Å². The molecule has 2 aliphatic carbocycles. The van der Waals surface area contributed by atoms with Crippen LogP contribution in [0, 0.1) is 0 Å². The van der Waals surface area contributed by atoms with Crippen molar-refractivity contribution in [3.63, 3.8) is 0 Å². The summed E-state index contributed by atoms with van der Waals surface area (Å²) in [7, 11) is 5.84. The van der Waals surface area contributed by atoms with Crippen molar-refractivity contribution < 1.29 is 4.74 Å². The molecular weight excluding hydrogens is 302 g/mol. The van der Waals surface area contributed by atoms with Crippen LogP contribution in [-0.2, 0) is 0 Å². The van der Waals surface area contributed by atoms with Crippen LogP contribution in [0.4, 0.5) is 11.9 Å². The molecule has 2 aliphatic rings. The fourth-order valence-electron chi connectivity index (χ4n) is 4.01. The van der Waals surface area contributed by atoms with Gasteiger partial charge < -0.3 is 14.5 Å². The van der Waals surface area contributed by atoms with E-state index in [1.54, 1.807) is 7.11 Å². The molecule has 1 heterocycles. The number of nitrogens with zero attached hydrogens (tertiary/aromatic N) is 5. The zero-order chi connectivity index (χ0) is 16.9. The first kappa shape index (κ1) is 17.2. The fourth-order valence-corrected chi connectivity index (χ4v) is 4.01. The van der Waals surface area contributed by atoms with E-state index in [9.17, 15) is 0 Å². The Morgan fingerprint density at radius 2 is 1.12 bits per heavy atom. The van der Waals surface area contributed by atoms with Gasteiger partial charge in [-0.3, -0.25) is 0 Å². The Balaban J connectivity index is 1.81. The van der Waals surface area contributed by atoms with E-state index in [4.69, 9.17) is 9.72 Å². The number of aromatic nitrogens is 3. The second-order valence-electron chi connectivity index (χ2n) is 7.23. The minimum atomic E-state index is 0.417. The predicted molar refractivity (Wildman–Crippen MR) is 96.9 cm³/mol.